The number of hydrogen-bond acceptors (Lipinski definition) is 3. The van der Waals surface area contributed by atoms with E-state index in [1.165, 1.54) is 0 Å². The maximum atomic E-state index is 3.67. The Morgan fingerprint density at radius 2 is 1.39 bits per heavy atom. The van der Waals surface area contributed by atoms with Crippen molar-refractivity contribution in [3.63, 3.8) is 0 Å². The Balaban J connectivity index is 0.000000235. The average molecular weight is 288 g/mol. The van der Waals surface area contributed by atoms with Crippen molar-refractivity contribution in [1.82, 2.24) is 19.9 Å². The van der Waals surface area contributed by atoms with Crippen LogP contribution in [0.25, 0.3) is 0 Å². The maximum absolute atomic E-state index is 3.67. The van der Waals surface area contributed by atoms with Crippen LogP contribution in [0.2, 0.25) is 0 Å². The first-order valence-corrected chi connectivity index (χ1v) is 4.97. The molecule has 0 fully saturated rings. The topological polar surface area (TPSA) is 54.5 Å². The molecule has 3 aromatic rings. The zero-order chi connectivity index (χ0) is 12.0. The molecule has 95 valence electrons. The molecule has 0 aliphatic rings. The molecule has 0 saturated carbocycles. The van der Waals surface area contributed by atoms with Crippen LogP contribution in [0.5, 0.6) is 0 Å². The van der Waals surface area contributed by atoms with Gasteiger partial charge >= 0.3 is 17.1 Å². The number of aromatic nitrogens is 4. The zero-order valence-corrected chi connectivity index (χ0v) is 10.4. The van der Waals surface area contributed by atoms with Gasteiger partial charge in [0, 0.05) is 12.4 Å². The van der Waals surface area contributed by atoms with Crippen molar-refractivity contribution < 1.29 is 17.1 Å². The molecule has 0 aromatic carbocycles. The normalized spacial score (nSPS) is 7.56. The van der Waals surface area contributed by atoms with E-state index in [0.717, 1.165) is 0 Å². The molecule has 5 heteroatoms. The molecule has 0 aliphatic heterocycles. The third-order valence-corrected chi connectivity index (χ3v) is 1.44. The molecule has 0 atom stereocenters. The molecular weight excluding hydrogens is 276 g/mol. The summed E-state index contributed by atoms with van der Waals surface area (Å²) >= 11 is 0. The van der Waals surface area contributed by atoms with E-state index in [1.807, 2.05) is 24.3 Å². The second-order valence-corrected chi connectivity index (χ2v) is 2.68. The predicted molar refractivity (Wildman–Crippen MR) is 64.7 cm³/mol. The Labute approximate surface area is 117 Å². The number of H-pyrrole nitrogens is 1. The van der Waals surface area contributed by atoms with Crippen molar-refractivity contribution in [2.45, 2.75) is 0 Å². The third kappa shape index (κ3) is 10.5. The first kappa shape index (κ1) is 16.0. The second-order valence-electron chi connectivity index (χ2n) is 2.68. The number of pyridine rings is 2. The Kier molecular flexibility index (Phi) is 11.7. The molecule has 0 amide bonds. The van der Waals surface area contributed by atoms with Gasteiger partial charge in [-0.05, 0) is 0 Å². The van der Waals surface area contributed by atoms with Gasteiger partial charge in [0.1, 0.15) is 0 Å². The van der Waals surface area contributed by atoms with Crippen LogP contribution < -0.4 is 0 Å². The molecule has 0 unspecified atom stereocenters. The van der Waals surface area contributed by atoms with Gasteiger partial charge in [0.15, 0.2) is 0 Å². The molecule has 3 rings (SSSR count). The van der Waals surface area contributed by atoms with E-state index in [9.17, 15) is 0 Å². The zero-order valence-electron chi connectivity index (χ0n) is 9.49. The number of aromatic amines is 1. The molecule has 3 heterocycles. The third-order valence-electron chi connectivity index (χ3n) is 1.44. The van der Waals surface area contributed by atoms with E-state index >= 15 is 0 Å². The van der Waals surface area contributed by atoms with Gasteiger partial charge in [0.05, 0.1) is 6.33 Å². The van der Waals surface area contributed by atoms with E-state index in [4.69, 9.17) is 0 Å². The summed E-state index contributed by atoms with van der Waals surface area (Å²) in [6, 6.07) is 11.0. The molecule has 4 nitrogen and oxygen atoms in total. The van der Waals surface area contributed by atoms with Crippen molar-refractivity contribution in [3.05, 3.63) is 79.9 Å². The van der Waals surface area contributed by atoms with Crippen molar-refractivity contribution >= 4 is 0 Å². The summed E-state index contributed by atoms with van der Waals surface area (Å²) in [6.07, 6.45) is 13.8. The Morgan fingerprint density at radius 3 is 1.50 bits per heavy atom. The number of nitrogens with one attached hydrogen (secondary N) is 1. The van der Waals surface area contributed by atoms with Crippen molar-refractivity contribution in [2.24, 2.45) is 0 Å². The Hall–Kier alpha value is -1.97. The van der Waals surface area contributed by atoms with Gasteiger partial charge in [-0.15, -0.1) is 0 Å². The van der Waals surface area contributed by atoms with Crippen LogP contribution in [-0.4, -0.2) is 19.9 Å². The monoisotopic (exact) mass is 287 g/mol. The van der Waals surface area contributed by atoms with Crippen LogP contribution in [0, 0.1) is 12.4 Å². The van der Waals surface area contributed by atoms with Crippen molar-refractivity contribution in [2.75, 3.05) is 0 Å². The summed E-state index contributed by atoms with van der Waals surface area (Å²) in [5, 5.41) is 0. The minimum absolute atomic E-state index is 0. The summed E-state index contributed by atoms with van der Waals surface area (Å²) < 4.78 is 0. The van der Waals surface area contributed by atoms with E-state index in [0.29, 0.717) is 0 Å². The van der Waals surface area contributed by atoms with E-state index < -0.39 is 0 Å². The molecular formula is C13H12CuN4. The van der Waals surface area contributed by atoms with Gasteiger partial charge in [0.25, 0.3) is 0 Å². The standard InChI is InChI=1S/2C5H4N.C3H4N2.Cu/c2*1-2-4-6-5-3-1;1-2-5-3-4-1;/h2*1-4H;1-3H,(H,4,5);/q2*-1;;+2. The molecule has 1 N–H and O–H groups in total. The van der Waals surface area contributed by atoms with Crippen molar-refractivity contribution in [1.29, 1.82) is 0 Å². The summed E-state index contributed by atoms with van der Waals surface area (Å²) in [7, 11) is 0. The predicted octanol–water partition coefficient (Wildman–Crippen LogP) is 2.17. The molecule has 0 aliphatic carbocycles. The van der Waals surface area contributed by atoms with Gasteiger partial charge in [-0.25, -0.2) is 4.98 Å². The SMILES string of the molecule is [Cu+2].[c-]1ccccn1.[c-]1ccccn1.c1c[nH]cn1. The molecule has 0 bridgehead atoms. The Morgan fingerprint density at radius 1 is 0.778 bits per heavy atom. The average Bonchev–Trinajstić information content (AvgIpc) is 3.03. The molecule has 3 aromatic heterocycles. The smallest absolute Gasteiger partial charge is 0.394 e. The Bertz CT molecular complexity index is 329. The number of nitrogens with zero attached hydrogens (tertiary/aromatic N) is 3. The first-order chi connectivity index (χ1) is 8.50. The number of rotatable bonds is 0. The van der Waals surface area contributed by atoms with Crippen LogP contribution in [0.4, 0.5) is 0 Å². The van der Waals surface area contributed by atoms with E-state index in [2.05, 4.69) is 32.3 Å². The van der Waals surface area contributed by atoms with Crippen LogP contribution >= 0.6 is 0 Å². The van der Waals surface area contributed by atoms with Crippen LogP contribution in [0.1, 0.15) is 0 Å². The second kappa shape index (κ2) is 13.1. The minimum Gasteiger partial charge on any atom is -0.394 e. The van der Waals surface area contributed by atoms with E-state index in [-0.39, 0.29) is 17.1 Å². The number of hydrogen-bond donors (Lipinski definition) is 1. The van der Waals surface area contributed by atoms with Gasteiger partial charge in [-0.2, -0.15) is 36.4 Å². The number of imidazole rings is 1. The fourth-order valence-corrected chi connectivity index (χ4v) is 0.770. The first-order valence-electron chi connectivity index (χ1n) is 4.97. The molecule has 0 spiro atoms. The summed E-state index contributed by atoms with van der Waals surface area (Å²) in [5.74, 6) is 0. The molecule has 0 saturated heterocycles. The van der Waals surface area contributed by atoms with Gasteiger partial charge in [0.2, 0.25) is 0 Å². The van der Waals surface area contributed by atoms with Crippen LogP contribution in [0.15, 0.2) is 67.5 Å². The largest absolute Gasteiger partial charge is 2.00 e. The van der Waals surface area contributed by atoms with Crippen LogP contribution in [-0.2, 0) is 17.1 Å². The fraction of sp³-hybridized carbons (Fsp3) is 0. The van der Waals surface area contributed by atoms with Crippen molar-refractivity contribution in [3.8, 4) is 0 Å². The molecule has 1 radical (unpaired) electrons. The maximum Gasteiger partial charge on any atom is 2.00 e. The van der Waals surface area contributed by atoms with E-state index in [1.54, 1.807) is 43.2 Å². The summed E-state index contributed by atoms with van der Waals surface area (Å²) in [5.41, 5.74) is 0. The summed E-state index contributed by atoms with van der Waals surface area (Å²) in [4.78, 5) is 13.7. The van der Waals surface area contributed by atoms with Crippen LogP contribution in [0.3, 0.4) is 0 Å². The fourth-order valence-electron chi connectivity index (χ4n) is 0.770. The quantitative estimate of drug-likeness (QED) is 0.509. The minimum atomic E-state index is 0. The van der Waals surface area contributed by atoms with Gasteiger partial charge < -0.3 is 15.0 Å². The summed E-state index contributed by atoms with van der Waals surface area (Å²) in [6.45, 7) is 0. The van der Waals surface area contributed by atoms with Gasteiger partial charge in [-0.3, -0.25) is 0 Å². The molecule has 18 heavy (non-hydrogen) atoms. The van der Waals surface area contributed by atoms with Gasteiger partial charge in [-0.1, -0.05) is 24.8 Å².